The number of aliphatic imine (C=N–C) groups is 2. The summed E-state index contributed by atoms with van der Waals surface area (Å²) in [6.45, 7) is 4.46. The highest BCUT2D eigenvalue weighted by Crippen LogP contribution is 2.02. The van der Waals surface area contributed by atoms with Crippen molar-refractivity contribution in [2.24, 2.45) is 15.8 Å². The van der Waals surface area contributed by atoms with Crippen molar-refractivity contribution in [1.29, 1.82) is 0 Å². The highest BCUT2D eigenvalue weighted by atomic mass is 32.1. The summed E-state index contributed by atoms with van der Waals surface area (Å²) in [5, 5.41) is 4.37. The minimum absolute atomic E-state index is 0.243. The summed E-state index contributed by atoms with van der Waals surface area (Å²) in [5.41, 5.74) is -0.243. The van der Waals surface area contributed by atoms with Crippen LogP contribution in [-0.2, 0) is 0 Å². The Labute approximate surface area is 77.1 Å². The second-order valence-electron chi connectivity index (χ2n) is 2.38. The lowest BCUT2D eigenvalue weighted by atomic mass is 10.6. The van der Waals surface area contributed by atoms with E-state index in [0.29, 0.717) is 18.3 Å². The molecule has 6 heteroatoms. The molecular formula is C6H13N5S. The first-order valence-corrected chi connectivity index (χ1v) is 4.25. The van der Waals surface area contributed by atoms with Gasteiger partial charge in [-0.2, -0.15) is 4.99 Å². The summed E-state index contributed by atoms with van der Waals surface area (Å²) in [6.07, 6.45) is 0. The van der Waals surface area contributed by atoms with Crippen molar-refractivity contribution in [2.45, 2.75) is 19.3 Å². The first-order valence-electron chi connectivity index (χ1n) is 3.73. The van der Waals surface area contributed by atoms with Gasteiger partial charge in [0, 0.05) is 6.54 Å². The zero-order valence-corrected chi connectivity index (χ0v) is 8.05. The highest BCUT2D eigenvalue weighted by Gasteiger charge is 2.18. The van der Waals surface area contributed by atoms with Gasteiger partial charge in [0.1, 0.15) is 5.84 Å². The van der Waals surface area contributed by atoms with Gasteiger partial charge in [0.15, 0.2) is 5.50 Å². The van der Waals surface area contributed by atoms with Crippen LogP contribution < -0.4 is 11.2 Å². The van der Waals surface area contributed by atoms with E-state index in [9.17, 15) is 0 Å². The van der Waals surface area contributed by atoms with Crippen molar-refractivity contribution in [2.75, 3.05) is 6.54 Å². The van der Waals surface area contributed by atoms with Crippen LogP contribution in [-0.4, -0.2) is 28.8 Å². The van der Waals surface area contributed by atoms with Crippen molar-refractivity contribution in [3.05, 3.63) is 0 Å². The topological polar surface area (TPSA) is 66.0 Å². The molecule has 1 heterocycles. The molecule has 12 heavy (non-hydrogen) atoms. The fourth-order valence-corrected chi connectivity index (χ4v) is 1.12. The normalized spacial score (nSPS) is 27.0. The van der Waals surface area contributed by atoms with E-state index in [1.165, 1.54) is 5.01 Å². The maximum absolute atomic E-state index is 5.59. The summed E-state index contributed by atoms with van der Waals surface area (Å²) in [4.78, 5) is 8.22. The van der Waals surface area contributed by atoms with Gasteiger partial charge in [-0.3, -0.25) is 10.0 Å². The number of nitrogens with two attached hydrogens (primary N) is 1. The van der Waals surface area contributed by atoms with E-state index in [4.69, 9.17) is 5.84 Å². The summed E-state index contributed by atoms with van der Waals surface area (Å²) in [7, 11) is 0. The SMILES string of the molecule is CCN=C1N=C(C)N(N)C(S)N1. The second-order valence-corrected chi connectivity index (χ2v) is 2.87. The standard InChI is InChI=1S/C6H13N5S/c1-3-8-5-9-4(2)11(7)6(12)10-5/h6,12H,3,7H2,1-2H3,(H,8,10). The number of amidine groups is 1. The third-order valence-electron chi connectivity index (χ3n) is 1.47. The molecule has 1 atom stereocenters. The molecule has 5 nitrogen and oxygen atoms in total. The Kier molecular flexibility index (Phi) is 2.93. The third kappa shape index (κ3) is 1.89. The molecule has 1 unspecified atom stereocenters. The molecule has 0 aromatic rings. The van der Waals surface area contributed by atoms with Crippen LogP contribution in [0.5, 0.6) is 0 Å². The summed E-state index contributed by atoms with van der Waals surface area (Å²) in [6, 6.07) is 0. The Morgan fingerprint density at radius 2 is 2.50 bits per heavy atom. The van der Waals surface area contributed by atoms with Crippen LogP contribution >= 0.6 is 12.6 Å². The van der Waals surface area contributed by atoms with Crippen LogP contribution in [0.3, 0.4) is 0 Å². The van der Waals surface area contributed by atoms with Crippen molar-refractivity contribution in [3.63, 3.8) is 0 Å². The summed E-state index contributed by atoms with van der Waals surface area (Å²) in [5.74, 6) is 6.89. The van der Waals surface area contributed by atoms with Gasteiger partial charge in [-0.05, 0) is 13.8 Å². The molecule has 1 aliphatic heterocycles. The van der Waals surface area contributed by atoms with E-state index in [2.05, 4.69) is 27.9 Å². The number of nitrogens with zero attached hydrogens (tertiary/aromatic N) is 3. The molecule has 0 fully saturated rings. The molecule has 3 N–H and O–H groups in total. The van der Waals surface area contributed by atoms with Gasteiger partial charge in [0.05, 0.1) is 0 Å². The van der Waals surface area contributed by atoms with Gasteiger partial charge in [-0.1, -0.05) is 0 Å². The number of hydrogen-bond acceptors (Lipinski definition) is 4. The molecule has 1 rings (SSSR count). The van der Waals surface area contributed by atoms with E-state index in [1.54, 1.807) is 0 Å². The highest BCUT2D eigenvalue weighted by molar-refractivity contribution is 7.80. The van der Waals surface area contributed by atoms with Gasteiger partial charge >= 0.3 is 0 Å². The molecule has 1 aliphatic rings. The van der Waals surface area contributed by atoms with E-state index in [-0.39, 0.29) is 5.50 Å². The quantitative estimate of drug-likeness (QED) is 0.392. The predicted octanol–water partition coefficient (Wildman–Crippen LogP) is -0.227. The van der Waals surface area contributed by atoms with Crippen LogP contribution in [0.1, 0.15) is 13.8 Å². The van der Waals surface area contributed by atoms with Gasteiger partial charge in [0.25, 0.3) is 0 Å². The zero-order chi connectivity index (χ0) is 9.14. The summed E-state index contributed by atoms with van der Waals surface area (Å²) < 4.78 is 0. The molecule has 0 amide bonds. The van der Waals surface area contributed by atoms with E-state index < -0.39 is 0 Å². The summed E-state index contributed by atoms with van der Waals surface area (Å²) >= 11 is 4.20. The zero-order valence-electron chi connectivity index (χ0n) is 7.15. The minimum Gasteiger partial charge on any atom is -0.325 e. The van der Waals surface area contributed by atoms with Gasteiger partial charge in [0.2, 0.25) is 5.96 Å². The molecule has 0 bridgehead atoms. The molecule has 68 valence electrons. The number of nitrogens with one attached hydrogen (secondary N) is 1. The van der Waals surface area contributed by atoms with Crippen molar-refractivity contribution >= 4 is 24.4 Å². The Balaban J connectivity index is 2.80. The van der Waals surface area contributed by atoms with Crippen LogP contribution in [0.25, 0.3) is 0 Å². The molecular weight excluding hydrogens is 174 g/mol. The molecule has 0 saturated carbocycles. The van der Waals surface area contributed by atoms with Crippen LogP contribution in [0.4, 0.5) is 0 Å². The molecule has 0 aromatic carbocycles. The van der Waals surface area contributed by atoms with E-state index in [0.717, 1.165) is 0 Å². The van der Waals surface area contributed by atoms with Crippen LogP contribution in [0.2, 0.25) is 0 Å². The molecule has 0 aliphatic carbocycles. The van der Waals surface area contributed by atoms with E-state index >= 15 is 0 Å². The third-order valence-corrected chi connectivity index (χ3v) is 1.85. The monoisotopic (exact) mass is 187 g/mol. The molecule has 0 spiro atoms. The maximum Gasteiger partial charge on any atom is 0.222 e. The average molecular weight is 187 g/mol. The first-order chi connectivity index (χ1) is 5.65. The van der Waals surface area contributed by atoms with Crippen LogP contribution in [0, 0.1) is 0 Å². The second kappa shape index (κ2) is 3.77. The molecule has 0 saturated heterocycles. The first kappa shape index (κ1) is 9.34. The van der Waals surface area contributed by atoms with Gasteiger partial charge < -0.3 is 5.32 Å². The van der Waals surface area contributed by atoms with Gasteiger partial charge in [-0.15, -0.1) is 12.6 Å². The Morgan fingerprint density at radius 3 is 3.00 bits per heavy atom. The fraction of sp³-hybridized carbons (Fsp3) is 0.667. The lowest BCUT2D eigenvalue weighted by Gasteiger charge is -2.29. The number of hydrogen-bond donors (Lipinski definition) is 3. The molecule has 0 radical (unpaired) electrons. The maximum atomic E-state index is 5.59. The largest absolute Gasteiger partial charge is 0.325 e. The fourth-order valence-electron chi connectivity index (χ4n) is 0.836. The Bertz CT molecular complexity index is 224. The Hall–Kier alpha value is -0.750. The predicted molar refractivity (Wildman–Crippen MR) is 53.0 cm³/mol. The number of thiol groups is 1. The van der Waals surface area contributed by atoms with Gasteiger partial charge in [-0.25, -0.2) is 5.84 Å². The lowest BCUT2D eigenvalue weighted by molar-refractivity contribution is 0.385. The average Bonchev–Trinajstić information content (AvgIpc) is 2.01. The minimum atomic E-state index is -0.243. The number of rotatable bonds is 1. The van der Waals surface area contributed by atoms with E-state index in [1.807, 2.05) is 13.8 Å². The number of guanidine groups is 1. The van der Waals surface area contributed by atoms with Crippen molar-refractivity contribution in [1.82, 2.24) is 10.3 Å². The molecule has 0 aromatic heterocycles. The van der Waals surface area contributed by atoms with Crippen molar-refractivity contribution in [3.8, 4) is 0 Å². The smallest absolute Gasteiger partial charge is 0.222 e. The number of hydrazine groups is 1. The van der Waals surface area contributed by atoms with Crippen LogP contribution in [0.15, 0.2) is 9.98 Å². The Morgan fingerprint density at radius 1 is 1.83 bits per heavy atom. The van der Waals surface area contributed by atoms with Crippen molar-refractivity contribution < 1.29 is 0 Å². The lowest BCUT2D eigenvalue weighted by Crippen LogP contribution is -2.54.